The summed E-state index contributed by atoms with van der Waals surface area (Å²) in [6, 6.07) is 5.04. The molecule has 0 spiro atoms. The predicted octanol–water partition coefficient (Wildman–Crippen LogP) is 3.12. The standard InChI is InChI=1S/C15H18Cl2N2O2/c16-12-2-1-10(9-13(12)17)14(18)3-4-15(21)19-7-5-11(20)6-8-19/h1-2,9,11,18,20H,3-8H2. The van der Waals surface area contributed by atoms with E-state index in [4.69, 9.17) is 28.6 Å². The van der Waals surface area contributed by atoms with E-state index < -0.39 is 0 Å². The zero-order chi connectivity index (χ0) is 15.4. The number of carbonyl (C=O) groups is 1. The second kappa shape index (κ2) is 7.25. The van der Waals surface area contributed by atoms with E-state index in [0.717, 1.165) is 0 Å². The third-order valence-electron chi connectivity index (χ3n) is 3.67. The molecule has 0 aromatic heterocycles. The molecule has 1 aromatic rings. The summed E-state index contributed by atoms with van der Waals surface area (Å²) in [5.74, 6) is 0.0340. The van der Waals surface area contributed by atoms with Gasteiger partial charge < -0.3 is 15.4 Å². The molecule has 21 heavy (non-hydrogen) atoms. The van der Waals surface area contributed by atoms with E-state index in [1.54, 1.807) is 23.1 Å². The number of nitrogens with one attached hydrogen (secondary N) is 1. The van der Waals surface area contributed by atoms with Gasteiger partial charge in [-0.1, -0.05) is 29.3 Å². The highest BCUT2D eigenvalue weighted by Crippen LogP contribution is 2.23. The zero-order valence-corrected chi connectivity index (χ0v) is 13.1. The molecule has 0 atom stereocenters. The first-order valence-electron chi connectivity index (χ1n) is 6.96. The van der Waals surface area contributed by atoms with Crippen LogP contribution in [0, 0.1) is 5.41 Å². The van der Waals surface area contributed by atoms with Crippen LogP contribution in [0.5, 0.6) is 0 Å². The number of aliphatic hydroxyl groups is 1. The van der Waals surface area contributed by atoms with Gasteiger partial charge in [-0.25, -0.2) is 0 Å². The molecular weight excluding hydrogens is 311 g/mol. The molecule has 1 fully saturated rings. The summed E-state index contributed by atoms with van der Waals surface area (Å²) in [4.78, 5) is 13.8. The molecule has 0 aliphatic carbocycles. The number of aliphatic hydroxyl groups excluding tert-OH is 1. The minimum absolute atomic E-state index is 0.0340. The molecule has 2 rings (SSSR count). The van der Waals surface area contributed by atoms with Crippen LogP contribution in [0.3, 0.4) is 0 Å². The number of benzene rings is 1. The van der Waals surface area contributed by atoms with Crippen molar-refractivity contribution >= 4 is 34.8 Å². The summed E-state index contributed by atoms with van der Waals surface area (Å²) in [7, 11) is 0. The van der Waals surface area contributed by atoms with Crippen LogP contribution in [0.2, 0.25) is 10.0 Å². The average Bonchev–Trinajstić information content (AvgIpc) is 2.48. The second-order valence-electron chi connectivity index (χ2n) is 5.22. The molecule has 0 saturated carbocycles. The van der Waals surface area contributed by atoms with Crippen LogP contribution >= 0.6 is 23.2 Å². The van der Waals surface area contributed by atoms with Crippen molar-refractivity contribution in [2.24, 2.45) is 0 Å². The molecule has 1 aromatic carbocycles. The van der Waals surface area contributed by atoms with Crippen LogP contribution in [0.15, 0.2) is 18.2 Å². The van der Waals surface area contributed by atoms with E-state index >= 15 is 0 Å². The van der Waals surface area contributed by atoms with Gasteiger partial charge in [0.05, 0.1) is 16.1 Å². The van der Waals surface area contributed by atoms with Gasteiger partial charge in [0, 0.05) is 25.2 Å². The Kier molecular flexibility index (Phi) is 5.62. The van der Waals surface area contributed by atoms with Gasteiger partial charge in [0.1, 0.15) is 0 Å². The Morgan fingerprint density at radius 3 is 2.52 bits per heavy atom. The van der Waals surface area contributed by atoms with Crippen LogP contribution < -0.4 is 0 Å². The van der Waals surface area contributed by atoms with Gasteiger partial charge in [-0.3, -0.25) is 4.79 Å². The van der Waals surface area contributed by atoms with Gasteiger partial charge in [0.15, 0.2) is 0 Å². The molecule has 114 valence electrons. The van der Waals surface area contributed by atoms with Crippen molar-refractivity contribution in [2.75, 3.05) is 13.1 Å². The summed E-state index contributed by atoms with van der Waals surface area (Å²) >= 11 is 11.8. The SMILES string of the molecule is N=C(CCC(=O)N1CCC(O)CC1)c1ccc(Cl)c(Cl)c1. The molecule has 6 heteroatoms. The van der Waals surface area contributed by atoms with Crippen LogP contribution in [0.1, 0.15) is 31.2 Å². The normalized spacial score (nSPS) is 16.0. The van der Waals surface area contributed by atoms with Crippen molar-refractivity contribution in [2.45, 2.75) is 31.8 Å². The van der Waals surface area contributed by atoms with Crippen molar-refractivity contribution in [1.29, 1.82) is 5.41 Å². The number of likely N-dealkylation sites (tertiary alicyclic amines) is 1. The molecule has 4 nitrogen and oxygen atoms in total. The largest absolute Gasteiger partial charge is 0.393 e. The fourth-order valence-corrected chi connectivity index (χ4v) is 2.63. The summed E-state index contributed by atoms with van der Waals surface area (Å²) in [6.45, 7) is 1.19. The van der Waals surface area contributed by atoms with E-state index in [0.29, 0.717) is 60.1 Å². The molecule has 1 saturated heterocycles. The maximum Gasteiger partial charge on any atom is 0.222 e. The Morgan fingerprint density at radius 1 is 1.24 bits per heavy atom. The van der Waals surface area contributed by atoms with Crippen LogP contribution in [-0.2, 0) is 4.79 Å². The first kappa shape index (κ1) is 16.3. The predicted molar refractivity (Wildman–Crippen MR) is 84.3 cm³/mol. The third-order valence-corrected chi connectivity index (χ3v) is 4.41. The van der Waals surface area contributed by atoms with Crippen molar-refractivity contribution in [3.8, 4) is 0 Å². The highest BCUT2D eigenvalue weighted by atomic mass is 35.5. The molecule has 1 aliphatic rings. The third kappa shape index (κ3) is 4.43. The molecule has 1 heterocycles. The minimum atomic E-state index is -0.288. The number of nitrogens with zero attached hydrogens (tertiary/aromatic N) is 1. The molecule has 0 bridgehead atoms. The van der Waals surface area contributed by atoms with Gasteiger partial charge >= 0.3 is 0 Å². The summed E-state index contributed by atoms with van der Waals surface area (Å²) in [5.41, 5.74) is 1.06. The number of halogens is 2. The zero-order valence-electron chi connectivity index (χ0n) is 11.6. The quantitative estimate of drug-likeness (QED) is 0.834. The Balaban J connectivity index is 1.86. The van der Waals surface area contributed by atoms with Crippen molar-refractivity contribution in [3.63, 3.8) is 0 Å². The Hall–Kier alpha value is -1.10. The van der Waals surface area contributed by atoms with Gasteiger partial charge in [-0.05, 0) is 37.0 Å². The highest BCUT2D eigenvalue weighted by molar-refractivity contribution is 6.42. The summed E-state index contributed by atoms with van der Waals surface area (Å²) in [5, 5.41) is 18.3. The number of carbonyl (C=O) groups excluding carboxylic acids is 1. The van der Waals surface area contributed by atoms with Crippen molar-refractivity contribution < 1.29 is 9.90 Å². The topological polar surface area (TPSA) is 64.4 Å². The monoisotopic (exact) mass is 328 g/mol. The molecule has 0 radical (unpaired) electrons. The summed E-state index contributed by atoms with van der Waals surface area (Å²) in [6.07, 6.45) is 1.65. The van der Waals surface area contributed by atoms with E-state index in [1.807, 2.05) is 0 Å². The van der Waals surface area contributed by atoms with Crippen LogP contribution in [0.4, 0.5) is 0 Å². The van der Waals surface area contributed by atoms with Gasteiger partial charge in [0.2, 0.25) is 5.91 Å². The fraction of sp³-hybridized carbons (Fsp3) is 0.467. The van der Waals surface area contributed by atoms with Crippen molar-refractivity contribution in [3.05, 3.63) is 33.8 Å². The maximum atomic E-state index is 12.1. The van der Waals surface area contributed by atoms with Gasteiger partial charge in [0.25, 0.3) is 0 Å². The molecular formula is C15H18Cl2N2O2. The van der Waals surface area contributed by atoms with Crippen LogP contribution in [0.25, 0.3) is 0 Å². The van der Waals surface area contributed by atoms with Crippen molar-refractivity contribution in [1.82, 2.24) is 4.90 Å². The van der Waals surface area contributed by atoms with Crippen LogP contribution in [-0.4, -0.2) is 40.8 Å². The second-order valence-corrected chi connectivity index (χ2v) is 6.03. The van der Waals surface area contributed by atoms with Gasteiger partial charge in [-0.2, -0.15) is 0 Å². The maximum absolute atomic E-state index is 12.1. The molecule has 1 aliphatic heterocycles. The Morgan fingerprint density at radius 2 is 1.90 bits per heavy atom. The Labute approximate surface area is 134 Å². The lowest BCUT2D eigenvalue weighted by atomic mass is 10.0. The number of piperidine rings is 1. The van der Waals surface area contributed by atoms with E-state index in [2.05, 4.69) is 0 Å². The highest BCUT2D eigenvalue weighted by Gasteiger charge is 2.21. The lowest BCUT2D eigenvalue weighted by Gasteiger charge is -2.29. The number of hydrogen-bond donors (Lipinski definition) is 2. The first-order chi connectivity index (χ1) is 9.97. The lowest BCUT2D eigenvalue weighted by Crippen LogP contribution is -2.40. The molecule has 0 unspecified atom stereocenters. The first-order valence-corrected chi connectivity index (χ1v) is 7.71. The number of hydrogen-bond acceptors (Lipinski definition) is 3. The average molecular weight is 329 g/mol. The smallest absolute Gasteiger partial charge is 0.222 e. The van der Waals surface area contributed by atoms with E-state index in [9.17, 15) is 9.90 Å². The molecule has 1 amide bonds. The molecule has 2 N–H and O–H groups in total. The van der Waals surface area contributed by atoms with E-state index in [-0.39, 0.29) is 12.0 Å². The summed E-state index contributed by atoms with van der Waals surface area (Å²) < 4.78 is 0. The van der Waals surface area contributed by atoms with Gasteiger partial charge in [-0.15, -0.1) is 0 Å². The fourth-order valence-electron chi connectivity index (χ4n) is 2.33. The number of rotatable bonds is 4. The van der Waals surface area contributed by atoms with E-state index in [1.165, 1.54) is 0 Å². The lowest BCUT2D eigenvalue weighted by molar-refractivity contribution is -0.133. The minimum Gasteiger partial charge on any atom is -0.393 e. The Bertz CT molecular complexity index is 540. The number of amides is 1.